The fraction of sp³-hybridized carbons (Fsp3) is 0.684. The molecule has 1 atom stereocenters. The first-order chi connectivity index (χ1) is 12.3. The van der Waals surface area contributed by atoms with Gasteiger partial charge in [-0.1, -0.05) is 13.8 Å². The van der Waals surface area contributed by atoms with Crippen LogP contribution in [0.1, 0.15) is 53.3 Å². The average molecular weight is 493 g/mol. The zero-order valence-corrected chi connectivity index (χ0v) is 19.8. The second kappa shape index (κ2) is 13.0. The summed E-state index contributed by atoms with van der Waals surface area (Å²) in [5.41, 5.74) is -0.258. The number of hydrogen-bond donors (Lipinski definition) is 3. The van der Waals surface area contributed by atoms with Crippen molar-refractivity contribution in [2.24, 2.45) is 4.99 Å². The number of furan rings is 1. The maximum Gasteiger partial charge on any atom is 0.242 e. The summed E-state index contributed by atoms with van der Waals surface area (Å²) in [6.45, 7) is 15.4. The first kappa shape index (κ1) is 25.7. The molecule has 156 valence electrons. The van der Waals surface area contributed by atoms with Crippen LogP contribution in [0, 0.1) is 0 Å². The van der Waals surface area contributed by atoms with E-state index < -0.39 is 0 Å². The summed E-state index contributed by atoms with van der Waals surface area (Å²) in [5, 5.41) is 9.44. The highest BCUT2D eigenvalue weighted by Crippen LogP contribution is 2.20. The Bertz CT molecular complexity index is 551. The number of amides is 1. The summed E-state index contributed by atoms with van der Waals surface area (Å²) < 4.78 is 5.62. The van der Waals surface area contributed by atoms with E-state index in [1.165, 1.54) is 0 Å². The number of nitrogens with one attached hydrogen (secondary N) is 3. The molecule has 1 unspecified atom stereocenters. The zero-order valence-electron chi connectivity index (χ0n) is 17.5. The number of likely N-dealkylation sites (N-methyl/N-ethyl adjacent to an activating group) is 1. The first-order valence-electron chi connectivity index (χ1n) is 9.41. The van der Waals surface area contributed by atoms with Gasteiger partial charge in [0.1, 0.15) is 12.3 Å². The molecule has 0 saturated heterocycles. The van der Waals surface area contributed by atoms with Gasteiger partial charge >= 0.3 is 0 Å². The topological polar surface area (TPSA) is 81.9 Å². The van der Waals surface area contributed by atoms with Crippen LogP contribution in [0.25, 0.3) is 0 Å². The van der Waals surface area contributed by atoms with Gasteiger partial charge in [0, 0.05) is 18.6 Å². The Morgan fingerprint density at radius 2 is 1.89 bits per heavy atom. The van der Waals surface area contributed by atoms with Crippen molar-refractivity contribution >= 4 is 35.8 Å². The Morgan fingerprint density at radius 3 is 2.37 bits per heavy atom. The smallest absolute Gasteiger partial charge is 0.242 e. The summed E-state index contributed by atoms with van der Waals surface area (Å²) >= 11 is 0. The molecular formula is C19H36IN5O2. The lowest BCUT2D eigenvalue weighted by Crippen LogP contribution is -2.45. The summed E-state index contributed by atoms with van der Waals surface area (Å²) in [4.78, 5) is 18.7. The SMILES string of the molecule is CCNC(=NCC(=O)NC(C)(C)C)NCC(c1ccco1)N(CC)CC.I. The number of aliphatic imine (C=N–C) groups is 1. The molecule has 0 bridgehead atoms. The summed E-state index contributed by atoms with van der Waals surface area (Å²) in [6.07, 6.45) is 1.70. The number of carbonyl (C=O) groups excluding carboxylic acids is 1. The summed E-state index contributed by atoms with van der Waals surface area (Å²) in [6, 6.07) is 4.00. The van der Waals surface area contributed by atoms with Gasteiger partial charge in [-0.3, -0.25) is 9.69 Å². The Kier molecular flexibility index (Phi) is 12.4. The highest BCUT2D eigenvalue weighted by Gasteiger charge is 2.21. The van der Waals surface area contributed by atoms with Gasteiger partial charge in [0.2, 0.25) is 5.91 Å². The fourth-order valence-corrected chi connectivity index (χ4v) is 2.70. The molecule has 0 aromatic carbocycles. The quantitative estimate of drug-likeness (QED) is 0.280. The summed E-state index contributed by atoms with van der Waals surface area (Å²) in [5.74, 6) is 1.45. The van der Waals surface area contributed by atoms with E-state index in [9.17, 15) is 4.79 Å². The molecule has 0 fully saturated rings. The third-order valence-corrected chi connectivity index (χ3v) is 3.83. The molecule has 0 aliphatic heterocycles. The highest BCUT2D eigenvalue weighted by molar-refractivity contribution is 14.0. The molecule has 8 heteroatoms. The molecule has 1 amide bonds. The molecule has 1 aromatic rings. The molecule has 0 aliphatic rings. The molecular weight excluding hydrogens is 457 g/mol. The van der Waals surface area contributed by atoms with E-state index in [1.807, 2.05) is 39.8 Å². The predicted octanol–water partition coefficient (Wildman–Crippen LogP) is 2.75. The van der Waals surface area contributed by atoms with Crippen molar-refractivity contribution in [3.05, 3.63) is 24.2 Å². The van der Waals surface area contributed by atoms with Crippen molar-refractivity contribution in [1.82, 2.24) is 20.9 Å². The van der Waals surface area contributed by atoms with Crippen molar-refractivity contribution in [1.29, 1.82) is 0 Å². The first-order valence-corrected chi connectivity index (χ1v) is 9.41. The van der Waals surface area contributed by atoms with Gasteiger partial charge in [0.05, 0.1) is 12.3 Å². The standard InChI is InChI=1S/C19H35N5O2.HI/c1-7-20-18(22-14-17(25)23-19(4,5)6)21-13-15(24(8-2)9-3)16-11-10-12-26-16;/h10-12,15H,7-9,13-14H2,1-6H3,(H,23,25)(H2,20,21,22);1H. The molecule has 1 rings (SSSR count). The van der Waals surface area contributed by atoms with Gasteiger partial charge in [-0.15, -0.1) is 24.0 Å². The second-order valence-corrected chi connectivity index (χ2v) is 7.13. The van der Waals surface area contributed by atoms with E-state index in [-0.39, 0.29) is 48.0 Å². The minimum Gasteiger partial charge on any atom is -0.468 e. The Labute approximate surface area is 180 Å². The Balaban J connectivity index is 0.00000676. The van der Waals surface area contributed by atoms with Crippen LogP contribution in [0.3, 0.4) is 0 Å². The molecule has 0 spiro atoms. The Morgan fingerprint density at radius 1 is 1.22 bits per heavy atom. The van der Waals surface area contributed by atoms with Gasteiger partial charge < -0.3 is 20.4 Å². The Hall–Kier alpha value is -1.29. The van der Waals surface area contributed by atoms with Gasteiger partial charge in [-0.2, -0.15) is 0 Å². The van der Waals surface area contributed by atoms with Gasteiger partial charge in [-0.05, 0) is 52.9 Å². The lowest BCUT2D eigenvalue weighted by atomic mass is 10.1. The van der Waals surface area contributed by atoms with Crippen LogP contribution in [0.4, 0.5) is 0 Å². The second-order valence-electron chi connectivity index (χ2n) is 7.13. The largest absolute Gasteiger partial charge is 0.468 e. The number of carbonyl (C=O) groups is 1. The zero-order chi connectivity index (χ0) is 19.6. The van der Waals surface area contributed by atoms with Crippen molar-refractivity contribution in [2.75, 3.05) is 32.7 Å². The van der Waals surface area contributed by atoms with E-state index >= 15 is 0 Å². The van der Waals surface area contributed by atoms with Gasteiger partial charge in [0.15, 0.2) is 5.96 Å². The number of nitrogens with zero attached hydrogens (tertiary/aromatic N) is 2. The maximum atomic E-state index is 12.0. The van der Waals surface area contributed by atoms with E-state index in [1.54, 1.807) is 6.26 Å². The predicted molar refractivity (Wildman–Crippen MR) is 122 cm³/mol. The molecule has 0 saturated carbocycles. The maximum absolute atomic E-state index is 12.0. The average Bonchev–Trinajstić information content (AvgIpc) is 3.08. The minimum absolute atomic E-state index is 0. The van der Waals surface area contributed by atoms with Crippen LogP contribution in [-0.2, 0) is 4.79 Å². The van der Waals surface area contributed by atoms with Crippen molar-refractivity contribution in [3.8, 4) is 0 Å². The number of halogens is 1. The molecule has 3 N–H and O–H groups in total. The molecule has 1 heterocycles. The summed E-state index contributed by atoms with van der Waals surface area (Å²) in [7, 11) is 0. The van der Waals surface area contributed by atoms with E-state index in [0.717, 1.165) is 25.4 Å². The molecule has 7 nitrogen and oxygen atoms in total. The molecule has 27 heavy (non-hydrogen) atoms. The van der Waals surface area contributed by atoms with Crippen LogP contribution in [-0.4, -0.2) is 55.0 Å². The number of hydrogen-bond acceptors (Lipinski definition) is 4. The van der Waals surface area contributed by atoms with Crippen molar-refractivity contribution in [2.45, 2.75) is 53.1 Å². The number of guanidine groups is 1. The van der Waals surface area contributed by atoms with Gasteiger partial charge in [0.25, 0.3) is 0 Å². The molecule has 1 aromatic heterocycles. The third-order valence-electron chi connectivity index (χ3n) is 3.83. The van der Waals surface area contributed by atoms with E-state index in [4.69, 9.17) is 4.42 Å². The van der Waals surface area contributed by atoms with E-state index in [2.05, 4.69) is 39.7 Å². The van der Waals surface area contributed by atoms with Crippen molar-refractivity contribution in [3.63, 3.8) is 0 Å². The highest BCUT2D eigenvalue weighted by atomic mass is 127. The van der Waals surface area contributed by atoms with Crippen LogP contribution >= 0.6 is 24.0 Å². The third kappa shape index (κ3) is 9.99. The van der Waals surface area contributed by atoms with Gasteiger partial charge in [-0.25, -0.2) is 4.99 Å². The normalized spacial score (nSPS) is 13.1. The van der Waals surface area contributed by atoms with Crippen molar-refractivity contribution < 1.29 is 9.21 Å². The minimum atomic E-state index is -0.258. The lowest BCUT2D eigenvalue weighted by Gasteiger charge is -2.28. The fourth-order valence-electron chi connectivity index (χ4n) is 2.70. The number of rotatable bonds is 9. The van der Waals surface area contributed by atoms with Crippen LogP contribution in [0.5, 0.6) is 0 Å². The monoisotopic (exact) mass is 493 g/mol. The molecule has 0 radical (unpaired) electrons. The molecule has 0 aliphatic carbocycles. The lowest BCUT2D eigenvalue weighted by molar-refractivity contribution is -0.121. The van der Waals surface area contributed by atoms with Crippen LogP contribution < -0.4 is 16.0 Å². The van der Waals surface area contributed by atoms with Crippen LogP contribution in [0.2, 0.25) is 0 Å². The van der Waals surface area contributed by atoms with E-state index in [0.29, 0.717) is 12.5 Å². The van der Waals surface area contributed by atoms with Crippen LogP contribution in [0.15, 0.2) is 27.8 Å².